The summed E-state index contributed by atoms with van der Waals surface area (Å²) in [6.45, 7) is 14.2. The average Bonchev–Trinajstić information content (AvgIpc) is 2.94. The van der Waals surface area contributed by atoms with Gasteiger partial charge in [-0.2, -0.15) is 0 Å². The van der Waals surface area contributed by atoms with Crippen LogP contribution in [0.25, 0.3) is 10.8 Å². The highest BCUT2D eigenvalue weighted by atomic mass is 14.8. The van der Waals surface area contributed by atoms with Crippen LogP contribution < -0.4 is 0 Å². The zero-order chi connectivity index (χ0) is 25.9. The van der Waals surface area contributed by atoms with E-state index in [0.29, 0.717) is 5.92 Å². The first-order chi connectivity index (χ1) is 17.6. The van der Waals surface area contributed by atoms with Gasteiger partial charge in [0.15, 0.2) is 0 Å². The number of rotatable bonds is 1. The number of aryl methyl sites for hydroxylation is 2. The third-order valence-electron chi connectivity index (χ3n) is 9.21. The van der Waals surface area contributed by atoms with Crippen molar-refractivity contribution in [1.82, 2.24) is 0 Å². The Morgan fingerprint density at radius 3 is 2.19 bits per heavy atom. The summed E-state index contributed by atoms with van der Waals surface area (Å²) < 4.78 is 0. The Balaban J connectivity index is 1.67. The summed E-state index contributed by atoms with van der Waals surface area (Å²) in [5.74, 6) is 0.439. The number of aliphatic imine (C=N–C) groups is 1. The summed E-state index contributed by atoms with van der Waals surface area (Å²) in [5.41, 5.74) is 12.2. The van der Waals surface area contributed by atoms with E-state index in [0.717, 1.165) is 24.2 Å². The lowest BCUT2D eigenvalue weighted by molar-refractivity contribution is 0.331. The fourth-order valence-corrected chi connectivity index (χ4v) is 6.57. The van der Waals surface area contributed by atoms with Gasteiger partial charge in [-0.3, -0.25) is 0 Å². The molecule has 1 heteroatoms. The molecule has 0 N–H and O–H groups in total. The molecule has 1 aliphatic heterocycles. The van der Waals surface area contributed by atoms with Gasteiger partial charge in [-0.25, -0.2) is 4.99 Å². The van der Waals surface area contributed by atoms with Crippen LogP contribution in [0, 0.1) is 6.92 Å². The zero-order valence-corrected chi connectivity index (χ0v) is 23.3. The zero-order valence-electron chi connectivity index (χ0n) is 23.3. The minimum atomic E-state index is 0.162. The lowest BCUT2D eigenvalue weighted by atomic mass is 9.62. The van der Waals surface area contributed by atoms with Gasteiger partial charge in [0.1, 0.15) is 0 Å². The molecule has 1 nitrogen and oxygen atoms in total. The van der Waals surface area contributed by atoms with Crippen LogP contribution >= 0.6 is 0 Å². The molecule has 4 aromatic rings. The molecule has 0 amide bonds. The molecule has 0 radical (unpaired) electrons. The lowest BCUT2D eigenvalue weighted by Crippen LogP contribution is -2.34. The van der Waals surface area contributed by atoms with E-state index in [1.807, 2.05) is 0 Å². The van der Waals surface area contributed by atoms with Gasteiger partial charge in [-0.05, 0) is 88.4 Å². The Kier molecular flexibility index (Phi) is 5.68. The maximum atomic E-state index is 5.60. The summed E-state index contributed by atoms with van der Waals surface area (Å²) in [7, 11) is 0. The molecule has 4 aromatic carbocycles. The Morgan fingerprint density at radius 1 is 0.784 bits per heavy atom. The van der Waals surface area contributed by atoms with Crippen LogP contribution in [0.2, 0.25) is 0 Å². The maximum Gasteiger partial charge on any atom is 0.0784 e. The summed E-state index contributed by atoms with van der Waals surface area (Å²) >= 11 is 0. The molecule has 6 rings (SSSR count). The van der Waals surface area contributed by atoms with Crippen molar-refractivity contribution < 1.29 is 0 Å². The fraction of sp³-hybridized carbons (Fsp3) is 0.361. The van der Waals surface area contributed by atoms with Crippen LogP contribution in [-0.4, -0.2) is 5.71 Å². The first kappa shape index (κ1) is 24.2. The van der Waals surface area contributed by atoms with E-state index in [-0.39, 0.29) is 10.8 Å². The molecular formula is C36H39N. The third kappa shape index (κ3) is 4.13. The molecule has 37 heavy (non-hydrogen) atoms. The number of nitrogens with zero attached hydrogens (tertiary/aromatic N) is 1. The Bertz CT molecular complexity index is 1530. The molecule has 1 atom stereocenters. The molecule has 0 saturated heterocycles. The second-order valence-electron chi connectivity index (χ2n) is 12.8. The summed E-state index contributed by atoms with van der Waals surface area (Å²) in [4.78, 5) is 5.60. The third-order valence-corrected chi connectivity index (χ3v) is 9.21. The highest BCUT2D eigenvalue weighted by Crippen LogP contribution is 2.49. The van der Waals surface area contributed by atoms with E-state index in [9.17, 15) is 0 Å². The fourth-order valence-electron chi connectivity index (χ4n) is 6.57. The van der Waals surface area contributed by atoms with Gasteiger partial charge < -0.3 is 0 Å². The van der Waals surface area contributed by atoms with E-state index < -0.39 is 0 Å². The van der Waals surface area contributed by atoms with Crippen molar-refractivity contribution in [1.29, 1.82) is 0 Å². The molecule has 0 fully saturated rings. The van der Waals surface area contributed by atoms with Gasteiger partial charge in [0.05, 0.1) is 11.4 Å². The van der Waals surface area contributed by atoms with Gasteiger partial charge in [-0.15, -0.1) is 0 Å². The molecule has 0 saturated carbocycles. The molecule has 2 aliphatic rings. The van der Waals surface area contributed by atoms with Gasteiger partial charge in [0, 0.05) is 11.1 Å². The lowest BCUT2D eigenvalue weighted by Gasteiger charge is -2.42. The van der Waals surface area contributed by atoms with Gasteiger partial charge >= 0.3 is 0 Å². The van der Waals surface area contributed by atoms with Crippen LogP contribution in [0.4, 0.5) is 5.69 Å². The summed E-state index contributed by atoms with van der Waals surface area (Å²) in [6.07, 6.45) is 4.61. The summed E-state index contributed by atoms with van der Waals surface area (Å²) in [6, 6.07) is 27.4. The molecule has 1 unspecified atom stereocenters. The van der Waals surface area contributed by atoms with Crippen molar-refractivity contribution >= 4 is 22.2 Å². The first-order valence-electron chi connectivity index (χ1n) is 14.0. The van der Waals surface area contributed by atoms with E-state index in [1.165, 1.54) is 62.6 Å². The SMILES string of the molecule is Cc1ccc(C2=Nc3cc4c(cc3C(C)CCc3c2ccc2ccccc32)C(C)(C)CCC4(C)C)cc1. The van der Waals surface area contributed by atoms with Crippen molar-refractivity contribution in [3.05, 3.63) is 112 Å². The van der Waals surface area contributed by atoms with Gasteiger partial charge in [-0.1, -0.05) is 107 Å². The quantitative estimate of drug-likeness (QED) is 0.254. The standard InChI is InChI=1S/C36H39N/c1-23-11-14-26(15-12-23)34-29-18-16-25-9-7-8-10-27(25)28(29)17-13-24(2)30-21-31-32(22-33(30)37-34)36(5,6)20-19-35(31,3)4/h7-12,14-16,18,21-22,24H,13,17,19-20H2,1-6H3. The molecule has 1 aliphatic carbocycles. The molecule has 188 valence electrons. The van der Waals surface area contributed by atoms with Crippen LogP contribution in [0.1, 0.15) is 98.7 Å². The largest absolute Gasteiger partial charge is 0.247 e. The first-order valence-corrected chi connectivity index (χ1v) is 14.0. The monoisotopic (exact) mass is 485 g/mol. The van der Waals surface area contributed by atoms with Crippen LogP contribution in [0.15, 0.2) is 77.8 Å². The molecule has 0 aromatic heterocycles. The predicted molar refractivity (Wildman–Crippen MR) is 159 cm³/mol. The average molecular weight is 486 g/mol. The van der Waals surface area contributed by atoms with Crippen molar-refractivity contribution in [2.75, 3.05) is 0 Å². The smallest absolute Gasteiger partial charge is 0.0784 e. The van der Waals surface area contributed by atoms with Crippen molar-refractivity contribution in [2.45, 2.75) is 84.0 Å². The predicted octanol–water partition coefficient (Wildman–Crippen LogP) is 9.72. The second kappa shape index (κ2) is 8.69. The Morgan fingerprint density at radius 2 is 1.46 bits per heavy atom. The number of hydrogen-bond acceptors (Lipinski definition) is 1. The maximum absolute atomic E-state index is 5.60. The van der Waals surface area contributed by atoms with E-state index in [1.54, 1.807) is 0 Å². The highest BCUT2D eigenvalue weighted by molar-refractivity contribution is 6.16. The minimum absolute atomic E-state index is 0.162. The van der Waals surface area contributed by atoms with Crippen LogP contribution in [-0.2, 0) is 17.3 Å². The van der Waals surface area contributed by atoms with E-state index in [4.69, 9.17) is 4.99 Å². The molecular weight excluding hydrogens is 446 g/mol. The minimum Gasteiger partial charge on any atom is -0.247 e. The van der Waals surface area contributed by atoms with Gasteiger partial charge in [0.25, 0.3) is 0 Å². The van der Waals surface area contributed by atoms with Crippen molar-refractivity contribution in [2.24, 2.45) is 4.99 Å². The second-order valence-corrected chi connectivity index (χ2v) is 12.8. The summed E-state index contributed by atoms with van der Waals surface area (Å²) in [5, 5.41) is 2.67. The highest BCUT2D eigenvalue weighted by Gasteiger charge is 2.38. The Hall–Kier alpha value is -3.19. The van der Waals surface area contributed by atoms with Crippen molar-refractivity contribution in [3.8, 4) is 0 Å². The van der Waals surface area contributed by atoms with Crippen molar-refractivity contribution in [3.63, 3.8) is 0 Å². The number of benzene rings is 4. The molecule has 0 spiro atoms. The number of fused-ring (bicyclic) bond motifs is 5. The van der Waals surface area contributed by atoms with Crippen LogP contribution in [0.5, 0.6) is 0 Å². The number of hydrogen-bond donors (Lipinski definition) is 0. The topological polar surface area (TPSA) is 12.4 Å². The molecule has 1 heterocycles. The van der Waals surface area contributed by atoms with E-state index >= 15 is 0 Å². The Labute approximate surface area is 222 Å². The van der Waals surface area contributed by atoms with Gasteiger partial charge in [0.2, 0.25) is 0 Å². The van der Waals surface area contributed by atoms with Crippen LogP contribution in [0.3, 0.4) is 0 Å². The molecule has 0 bridgehead atoms. The van der Waals surface area contributed by atoms with E-state index in [2.05, 4.69) is 114 Å². The normalized spacial score (nSPS) is 20.1.